The molecular formula is C26H28N4OS. The normalized spacial score (nSPS) is 16.3. The van der Waals surface area contributed by atoms with Crippen LogP contribution in [-0.4, -0.2) is 15.9 Å². The van der Waals surface area contributed by atoms with Crippen LogP contribution in [0.2, 0.25) is 0 Å². The molecule has 1 aliphatic rings. The molecule has 0 radical (unpaired) electrons. The monoisotopic (exact) mass is 444 g/mol. The molecule has 4 aromatic rings. The highest BCUT2D eigenvalue weighted by molar-refractivity contribution is 7.21. The number of nitrogens with two attached hydrogens (primary N) is 1. The van der Waals surface area contributed by atoms with Gasteiger partial charge < -0.3 is 11.1 Å². The predicted molar refractivity (Wildman–Crippen MR) is 133 cm³/mol. The van der Waals surface area contributed by atoms with Crippen LogP contribution in [0.1, 0.15) is 54.5 Å². The number of hydrogen-bond donors (Lipinski definition) is 2. The molecule has 164 valence electrons. The van der Waals surface area contributed by atoms with Gasteiger partial charge in [-0.15, -0.1) is 11.3 Å². The third-order valence-corrected chi connectivity index (χ3v) is 8.32. The molecule has 32 heavy (non-hydrogen) atoms. The molecule has 0 spiro atoms. The van der Waals surface area contributed by atoms with Crippen LogP contribution in [0.25, 0.3) is 21.1 Å². The Bertz CT molecular complexity index is 1340. The average Bonchev–Trinajstić information content (AvgIpc) is 3.13. The molecule has 6 heteroatoms. The molecule has 1 amide bonds. The van der Waals surface area contributed by atoms with Gasteiger partial charge in [0.1, 0.15) is 9.71 Å². The standard InChI is InChI=1S/C26H28N4OS/c1-4-26(2,3)16-10-11-19-15(13-16)14-18-22(27)23(32-25(18)30-19)24(31)29-21-9-5-8-20-17(21)7-6-12-28-20/h5-9,12,14,16H,4,10-11,13,27H2,1-3H3,(H,29,31). The molecule has 5 nitrogen and oxygen atoms in total. The number of pyridine rings is 2. The van der Waals surface area contributed by atoms with Crippen molar-refractivity contribution in [2.45, 2.75) is 46.5 Å². The van der Waals surface area contributed by atoms with Crippen LogP contribution in [0.15, 0.2) is 42.6 Å². The van der Waals surface area contributed by atoms with Crippen molar-refractivity contribution < 1.29 is 4.79 Å². The fraction of sp³-hybridized carbons (Fsp3) is 0.346. The Balaban J connectivity index is 1.48. The van der Waals surface area contributed by atoms with E-state index >= 15 is 0 Å². The molecule has 0 fully saturated rings. The first kappa shape index (κ1) is 20.9. The summed E-state index contributed by atoms with van der Waals surface area (Å²) in [6.45, 7) is 6.99. The van der Waals surface area contributed by atoms with Gasteiger partial charge in [0.2, 0.25) is 0 Å². The predicted octanol–water partition coefficient (Wildman–Crippen LogP) is 6.22. The van der Waals surface area contributed by atoms with E-state index in [1.165, 1.54) is 16.9 Å². The van der Waals surface area contributed by atoms with Gasteiger partial charge in [-0.2, -0.15) is 0 Å². The van der Waals surface area contributed by atoms with E-state index in [0.717, 1.165) is 58.2 Å². The molecule has 0 aliphatic heterocycles. The lowest BCUT2D eigenvalue weighted by Crippen LogP contribution is -2.29. The summed E-state index contributed by atoms with van der Waals surface area (Å²) in [5.41, 5.74) is 11.3. The molecule has 1 aliphatic carbocycles. The molecule has 1 unspecified atom stereocenters. The molecule has 5 rings (SSSR count). The number of nitrogens with zero attached hydrogens (tertiary/aromatic N) is 2. The number of hydrogen-bond acceptors (Lipinski definition) is 5. The van der Waals surface area contributed by atoms with Crippen LogP contribution in [-0.2, 0) is 12.8 Å². The average molecular weight is 445 g/mol. The quantitative estimate of drug-likeness (QED) is 0.391. The molecule has 3 aromatic heterocycles. The third kappa shape index (κ3) is 3.52. The van der Waals surface area contributed by atoms with Crippen LogP contribution >= 0.6 is 11.3 Å². The van der Waals surface area contributed by atoms with Crippen molar-refractivity contribution in [3.05, 3.63) is 58.7 Å². The summed E-state index contributed by atoms with van der Waals surface area (Å²) in [5, 5.41) is 4.83. The lowest BCUT2D eigenvalue weighted by molar-refractivity contribution is 0.103. The first-order valence-electron chi connectivity index (χ1n) is 11.2. The number of carbonyl (C=O) groups is 1. The minimum atomic E-state index is -0.204. The maximum absolute atomic E-state index is 13.2. The second-order valence-corrected chi connectivity index (χ2v) is 10.4. The van der Waals surface area contributed by atoms with Gasteiger partial charge in [0.25, 0.3) is 5.91 Å². The van der Waals surface area contributed by atoms with Crippen LogP contribution in [0.4, 0.5) is 11.4 Å². The fourth-order valence-electron chi connectivity index (χ4n) is 4.71. The Morgan fingerprint density at radius 1 is 1.25 bits per heavy atom. The topological polar surface area (TPSA) is 80.9 Å². The second-order valence-electron chi connectivity index (χ2n) is 9.40. The van der Waals surface area contributed by atoms with Crippen molar-refractivity contribution in [2.24, 2.45) is 11.3 Å². The number of fused-ring (bicyclic) bond motifs is 3. The van der Waals surface area contributed by atoms with Crippen molar-refractivity contribution in [2.75, 3.05) is 11.1 Å². The first-order valence-corrected chi connectivity index (χ1v) is 12.0. The Hall–Kier alpha value is -2.99. The molecular weight excluding hydrogens is 416 g/mol. The van der Waals surface area contributed by atoms with Crippen LogP contribution in [0, 0.1) is 11.3 Å². The van der Waals surface area contributed by atoms with Crippen molar-refractivity contribution in [1.29, 1.82) is 0 Å². The van der Waals surface area contributed by atoms with Crippen LogP contribution < -0.4 is 11.1 Å². The zero-order valence-electron chi connectivity index (χ0n) is 18.7. The SMILES string of the molecule is CCC(C)(C)C1CCc2nc3sc(C(=O)Nc4cccc5ncccc45)c(N)c3cc2C1. The van der Waals surface area contributed by atoms with Gasteiger partial charge in [0.05, 0.1) is 16.9 Å². The summed E-state index contributed by atoms with van der Waals surface area (Å²) < 4.78 is 0. The van der Waals surface area contributed by atoms with Crippen molar-refractivity contribution in [1.82, 2.24) is 9.97 Å². The van der Waals surface area contributed by atoms with E-state index in [-0.39, 0.29) is 5.91 Å². The summed E-state index contributed by atoms with van der Waals surface area (Å²) in [6.07, 6.45) is 6.09. The number of benzene rings is 1. The zero-order chi connectivity index (χ0) is 22.5. The van der Waals surface area contributed by atoms with Crippen molar-refractivity contribution in [3.63, 3.8) is 0 Å². The van der Waals surface area contributed by atoms with Crippen molar-refractivity contribution in [3.8, 4) is 0 Å². The van der Waals surface area contributed by atoms with Gasteiger partial charge in [-0.25, -0.2) is 4.98 Å². The molecule has 1 aromatic carbocycles. The molecule has 1 atom stereocenters. The summed E-state index contributed by atoms with van der Waals surface area (Å²) in [4.78, 5) is 23.8. The van der Waals surface area contributed by atoms with E-state index in [4.69, 9.17) is 10.7 Å². The van der Waals surface area contributed by atoms with E-state index < -0.39 is 0 Å². The van der Waals surface area contributed by atoms with Gasteiger partial charge in [-0.05, 0) is 66.5 Å². The number of nitrogens with one attached hydrogen (secondary N) is 1. The summed E-state index contributed by atoms with van der Waals surface area (Å²) in [7, 11) is 0. The van der Waals surface area contributed by atoms with Crippen LogP contribution in [0.5, 0.6) is 0 Å². The summed E-state index contributed by atoms with van der Waals surface area (Å²) in [6, 6.07) is 11.7. The largest absolute Gasteiger partial charge is 0.397 e. The Morgan fingerprint density at radius 2 is 2.09 bits per heavy atom. The number of aryl methyl sites for hydroxylation is 1. The molecule has 0 bridgehead atoms. The van der Waals surface area contributed by atoms with Gasteiger partial charge in [-0.3, -0.25) is 9.78 Å². The third-order valence-electron chi connectivity index (χ3n) is 7.20. The fourth-order valence-corrected chi connectivity index (χ4v) is 5.70. The number of nitrogen functional groups attached to an aromatic ring is 1. The number of rotatable bonds is 4. The smallest absolute Gasteiger partial charge is 0.267 e. The Kier molecular flexibility index (Phi) is 5.13. The highest BCUT2D eigenvalue weighted by Gasteiger charge is 2.32. The second kappa shape index (κ2) is 7.85. The van der Waals surface area contributed by atoms with E-state index in [0.29, 0.717) is 21.9 Å². The summed E-state index contributed by atoms with van der Waals surface area (Å²) >= 11 is 1.38. The number of anilines is 2. The van der Waals surface area contributed by atoms with E-state index in [9.17, 15) is 4.79 Å². The maximum Gasteiger partial charge on any atom is 0.267 e. The van der Waals surface area contributed by atoms with Gasteiger partial charge >= 0.3 is 0 Å². The van der Waals surface area contributed by atoms with Gasteiger partial charge in [-0.1, -0.05) is 33.3 Å². The molecule has 3 heterocycles. The first-order chi connectivity index (χ1) is 15.4. The van der Waals surface area contributed by atoms with Crippen LogP contribution in [0.3, 0.4) is 0 Å². The number of thiophene rings is 1. The van der Waals surface area contributed by atoms with Gasteiger partial charge in [0.15, 0.2) is 0 Å². The molecule has 0 saturated heterocycles. The summed E-state index contributed by atoms with van der Waals surface area (Å²) in [5.74, 6) is 0.437. The maximum atomic E-state index is 13.2. The highest BCUT2D eigenvalue weighted by Crippen LogP contribution is 2.42. The Labute approximate surface area is 192 Å². The molecule has 3 N–H and O–H groups in total. The van der Waals surface area contributed by atoms with Gasteiger partial charge in [0, 0.05) is 22.7 Å². The minimum absolute atomic E-state index is 0.204. The minimum Gasteiger partial charge on any atom is -0.397 e. The van der Waals surface area contributed by atoms with E-state index in [2.05, 4.69) is 37.1 Å². The number of aromatic nitrogens is 2. The molecule has 0 saturated carbocycles. The zero-order valence-corrected chi connectivity index (χ0v) is 19.6. The Morgan fingerprint density at radius 3 is 2.91 bits per heavy atom. The lowest BCUT2D eigenvalue weighted by atomic mass is 9.69. The van der Waals surface area contributed by atoms with E-state index in [1.807, 2.05) is 30.3 Å². The highest BCUT2D eigenvalue weighted by atomic mass is 32.1. The van der Waals surface area contributed by atoms with Crippen molar-refractivity contribution >= 4 is 49.7 Å². The number of carbonyl (C=O) groups excluding carboxylic acids is 1. The lowest BCUT2D eigenvalue weighted by Gasteiger charge is -2.36. The number of amides is 1. The van der Waals surface area contributed by atoms with E-state index in [1.54, 1.807) is 6.20 Å².